The van der Waals surface area contributed by atoms with Gasteiger partial charge in [0.1, 0.15) is 17.4 Å². The molecule has 0 fully saturated rings. The molecule has 2 aromatic carbocycles. The number of benzene rings is 2. The third-order valence-electron chi connectivity index (χ3n) is 4.48. The van der Waals surface area contributed by atoms with Crippen molar-refractivity contribution in [1.29, 1.82) is 0 Å². The summed E-state index contributed by atoms with van der Waals surface area (Å²) in [6, 6.07) is 7.52. The van der Waals surface area contributed by atoms with Gasteiger partial charge in [-0.2, -0.15) is 0 Å². The standard InChI is InChI=1S/C21H22F2N2O5/c1-12(25-18(26)9-13-7-15(22)11-16(23)8-13)19(27)21(24,20(28)30-3)14-5-4-6-17(10-14)29-2/h4-8,10-12H,9,24H2,1-3H3,(H,25,26)/t12-,21?/m0/s1. The molecule has 1 amide bonds. The maximum absolute atomic E-state index is 13.3. The van der Waals surface area contributed by atoms with Crippen molar-refractivity contribution in [3.63, 3.8) is 0 Å². The average Bonchev–Trinajstić information content (AvgIpc) is 2.70. The summed E-state index contributed by atoms with van der Waals surface area (Å²) in [5, 5.41) is 2.40. The van der Waals surface area contributed by atoms with Gasteiger partial charge in [0.15, 0.2) is 5.78 Å². The van der Waals surface area contributed by atoms with Crippen LogP contribution in [0.3, 0.4) is 0 Å². The van der Waals surface area contributed by atoms with Gasteiger partial charge in [-0.25, -0.2) is 13.6 Å². The zero-order valence-corrected chi connectivity index (χ0v) is 16.7. The van der Waals surface area contributed by atoms with Crippen molar-refractivity contribution in [2.24, 2.45) is 5.73 Å². The minimum atomic E-state index is -2.21. The smallest absolute Gasteiger partial charge is 0.338 e. The van der Waals surface area contributed by atoms with E-state index >= 15 is 0 Å². The van der Waals surface area contributed by atoms with Crippen molar-refractivity contribution in [2.45, 2.75) is 24.9 Å². The lowest BCUT2D eigenvalue weighted by Gasteiger charge is -2.29. The van der Waals surface area contributed by atoms with E-state index in [1.807, 2.05) is 0 Å². The van der Waals surface area contributed by atoms with Crippen LogP contribution in [0.15, 0.2) is 42.5 Å². The second-order valence-electron chi connectivity index (χ2n) is 6.64. The molecular formula is C21H22F2N2O5. The van der Waals surface area contributed by atoms with E-state index in [1.54, 1.807) is 12.1 Å². The molecule has 160 valence electrons. The van der Waals surface area contributed by atoms with Crippen LogP contribution in [0.4, 0.5) is 8.78 Å². The number of hydrogen-bond donors (Lipinski definition) is 2. The quantitative estimate of drug-likeness (QED) is 0.496. The Balaban J connectivity index is 2.24. The monoisotopic (exact) mass is 420 g/mol. The van der Waals surface area contributed by atoms with Gasteiger partial charge in [-0.05, 0) is 42.3 Å². The van der Waals surface area contributed by atoms with Crippen molar-refractivity contribution in [1.82, 2.24) is 5.32 Å². The van der Waals surface area contributed by atoms with Crippen LogP contribution in [0.1, 0.15) is 18.1 Å². The molecule has 30 heavy (non-hydrogen) atoms. The molecule has 2 atom stereocenters. The molecule has 1 unspecified atom stereocenters. The van der Waals surface area contributed by atoms with Crippen LogP contribution >= 0.6 is 0 Å². The van der Waals surface area contributed by atoms with Gasteiger partial charge in [0.05, 0.1) is 26.7 Å². The number of carbonyl (C=O) groups is 3. The number of amides is 1. The second-order valence-corrected chi connectivity index (χ2v) is 6.64. The number of ketones is 1. The Hall–Kier alpha value is -3.33. The molecule has 7 nitrogen and oxygen atoms in total. The van der Waals surface area contributed by atoms with Crippen molar-refractivity contribution in [3.8, 4) is 5.75 Å². The number of methoxy groups -OCH3 is 2. The van der Waals surface area contributed by atoms with Gasteiger partial charge in [0.2, 0.25) is 11.4 Å². The molecule has 0 aliphatic heterocycles. The van der Waals surface area contributed by atoms with Gasteiger partial charge < -0.3 is 20.5 Å². The number of nitrogens with one attached hydrogen (secondary N) is 1. The molecular weight excluding hydrogens is 398 g/mol. The Labute approximate surface area is 172 Å². The molecule has 0 aliphatic rings. The molecule has 0 aromatic heterocycles. The first-order valence-corrected chi connectivity index (χ1v) is 8.92. The summed E-state index contributed by atoms with van der Waals surface area (Å²) in [6.45, 7) is 1.34. The highest BCUT2D eigenvalue weighted by molar-refractivity contribution is 6.11. The molecule has 0 heterocycles. The van der Waals surface area contributed by atoms with E-state index < -0.39 is 40.9 Å². The van der Waals surface area contributed by atoms with E-state index in [1.165, 1.54) is 26.2 Å². The topological polar surface area (TPSA) is 108 Å². The van der Waals surface area contributed by atoms with E-state index in [0.29, 0.717) is 11.8 Å². The van der Waals surface area contributed by atoms with Gasteiger partial charge >= 0.3 is 5.97 Å². The highest BCUT2D eigenvalue weighted by Gasteiger charge is 2.47. The molecule has 9 heteroatoms. The van der Waals surface area contributed by atoms with Crippen molar-refractivity contribution < 1.29 is 32.6 Å². The lowest BCUT2D eigenvalue weighted by Crippen LogP contribution is -2.59. The molecule has 2 rings (SSSR count). The summed E-state index contributed by atoms with van der Waals surface area (Å²) in [4.78, 5) is 37.8. The Morgan fingerprint density at radius 1 is 1.10 bits per heavy atom. The minimum absolute atomic E-state index is 0.0874. The minimum Gasteiger partial charge on any atom is -0.497 e. The predicted octanol–water partition coefficient (Wildman–Crippen LogP) is 1.62. The summed E-state index contributed by atoms with van der Waals surface area (Å²) in [5.41, 5.74) is 4.18. The normalized spacial score (nSPS) is 13.7. The van der Waals surface area contributed by atoms with Crippen molar-refractivity contribution in [2.75, 3.05) is 14.2 Å². The number of rotatable bonds is 8. The first-order valence-electron chi connectivity index (χ1n) is 8.92. The van der Waals surface area contributed by atoms with Gasteiger partial charge in [0, 0.05) is 6.07 Å². The van der Waals surface area contributed by atoms with Gasteiger partial charge in [0.25, 0.3) is 0 Å². The van der Waals surface area contributed by atoms with Crippen LogP contribution < -0.4 is 15.8 Å². The lowest BCUT2D eigenvalue weighted by atomic mass is 9.83. The summed E-state index contributed by atoms with van der Waals surface area (Å²) in [7, 11) is 2.49. The maximum atomic E-state index is 13.3. The highest BCUT2D eigenvalue weighted by atomic mass is 19.1. The maximum Gasteiger partial charge on any atom is 0.338 e. The second kappa shape index (κ2) is 9.45. The summed E-state index contributed by atoms with van der Waals surface area (Å²) in [5.74, 6) is -3.82. The lowest BCUT2D eigenvalue weighted by molar-refractivity contribution is -0.153. The molecule has 0 aliphatic carbocycles. The van der Waals surface area contributed by atoms with Gasteiger partial charge in [-0.1, -0.05) is 12.1 Å². The molecule has 2 aromatic rings. The van der Waals surface area contributed by atoms with Gasteiger partial charge in [-0.15, -0.1) is 0 Å². The number of hydrogen-bond acceptors (Lipinski definition) is 6. The summed E-state index contributed by atoms with van der Waals surface area (Å²) < 4.78 is 36.4. The number of carbonyl (C=O) groups excluding carboxylic acids is 3. The van der Waals surface area contributed by atoms with Gasteiger partial charge in [-0.3, -0.25) is 9.59 Å². The third kappa shape index (κ3) is 4.98. The van der Waals surface area contributed by atoms with Crippen LogP contribution in [0.2, 0.25) is 0 Å². The number of ether oxygens (including phenoxy) is 2. The third-order valence-corrected chi connectivity index (χ3v) is 4.48. The first-order chi connectivity index (χ1) is 14.1. The number of esters is 1. The fraction of sp³-hybridized carbons (Fsp3) is 0.286. The van der Waals surface area contributed by atoms with E-state index in [0.717, 1.165) is 19.2 Å². The molecule has 0 spiro atoms. The SMILES string of the molecule is COC(=O)C(N)(C(=O)[C@H](C)NC(=O)Cc1cc(F)cc(F)c1)c1cccc(OC)c1. The fourth-order valence-electron chi connectivity index (χ4n) is 2.99. The molecule has 0 bridgehead atoms. The Kier molecular flexibility index (Phi) is 7.23. The van der Waals surface area contributed by atoms with E-state index in [-0.39, 0.29) is 17.5 Å². The zero-order valence-electron chi connectivity index (χ0n) is 16.7. The van der Waals surface area contributed by atoms with Crippen LogP contribution in [0.5, 0.6) is 5.75 Å². The van der Waals surface area contributed by atoms with Crippen LogP contribution in [-0.4, -0.2) is 37.9 Å². The molecule has 0 radical (unpaired) electrons. The Morgan fingerprint density at radius 2 is 1.73 bits per heavy atom. The van der Waals surface area contributed by atoms with E-state index in [2.05, 4.69) is 5.32 Å². The van der Waals surface area contributed by atoms with Crippen molar-refractivity contribution >= 4 is 17.7 Å². The van der Waals surface area contributed by atoms with Crippen LogP contribution in [0.25, 0.3) is 0 Å². The van der Waals surface area contributed by atoms with Crippen LogP contribution in [0, 0.1) is 11.6 Å². The van der Waals surface area contributed by atoms with E-state index in [4.69, 9.17) is 15.2 Å². The van der Waals surface area contributed by atoms with Crippen LogP contribution in [-0.2, 0) is 31.1 Å². The predicted molar refractivity (Wildman–Crippen MR) is 104 cm³/mol. The molecule has 3 N–H and O–H groups in total. The first kappa shape index (κ1) is 23.0. The Bertz CT molecular complexity index is 946. The molecule has 0 saturated carbocycles. The Morgan fingerprint density at radius 3 is 2.30 bits per heavy atom. The summed E-state index contributed by atoms with van der Waals surface area (Å²) >= 11 is 0. The van der Waals surface area contributed by atoms with E-state index in [9.17, 15) is 23.2 Å². The molecule has 0 saturated heterocycles. The summed E-state index contributed by atoms with van der Waals surface area (Å²) in [6.07, 6.45) is -0.374. The number of nitrogens with two attached hydrogens (primary N) is 1. The largest absolute Gasteiger partial charge is 0.497 e. The number of Topliss-reactive ketones (excluding diaryl/α,β-unsaturated/α-hetero) is 1. The fourth-order valence-corrected chi connectivity index (χ4v) is 2.99. The zero-order chi connectivity index (χ0) is 22.5. The van der Waals surface area contributed by atoms with Crippen molar-refractivity contribution in [3.05, 3.63) is 65.2 Å². The highest BCUT2D eigenvalue weighted by Crippen LogP contribution is 2.26. The number of halogens is 2. The average molecular weight is 420 g/mol.